The van der Waals surface area contributed by atoms with Crippen LogP contribution in [0.25, 0.3) is 0 Å². The first kappa shape index (κ1) is 12.4. The highest BCUT2D eigenvalue weighted by Gasteiger charge is 2.06. The highest BCUT2D eigenvalue weighted by atomic mass is 35.5. The number of hydrogen-bond acceptors (Lipinski definition) is 4. The fourth-order valence-corrected chi connectivity index (χ4v) is 2.33. The van der Waals surface area contributed by atoms with Crippen LogP contribution in [0.2, 0.25) is 5.02 Å². The van der Waals surface area contributed by atoms with E-state index in [-0.39, 0.29) is 0 Å². The number of nitrogens with zero attached hydrogens (tertiary/aromatic N) is 1. The summed E-state index contributed by atoms with van der Waals surface area (Å²) in [6, 6.07) is 5.65. The maximum Gasteiger partial charge on any atom is 0.124 e. The Morgan fingerprint density at radius 3 is 3.00 bits per heavy atom. The minimum Gasteiger partial charge on any atom is -0.496 e. The summed E-state index contributed by atoms with van der Waals surface area (Å²) in [5.74, 6) is 0.809. The largest absolute Gasteiger partial charge is 0.496 e. The molecule has 0 unspecified atom stereocenters. The Balaban J connectivity index is 1.98. The quantitative estimate of drug-likeness (QED) is 0.905. The van der Waals surface area contributed by atoms with E-state index >= 15 is 0 Å². The molecule has 0 atom stereocenters. The van der Waals surface area contributed by atoms with Crippen LogP contribution in [0.3, 0.4) is 0 Å². The molecular formula is C12H13ClN2OS. The summed E-state index contributed by atoms with van der Waals surface area (Å²) in [5, 5.41) is 6.04. The van der Waals surface area contributed by atoms with Crippen molar-refractivity contribution in [3.63, 3.8) is 0 Å². The van der Waals surface area contributed by atoms with Gasteiger partial charge in [0.15, 0.2) is 0 Å². The Labute approximate surface area is 109 Å². The van der Waals surface area contributed by atoms with Crippen molar-refractivity contribution in [3.8, 4) is 5.75 Å². The lowest BCUT2D eigenvalue weighted by Gasteiger charge is -2.10. The minimum absolute atomic E-state index is 0.667. The number of rotatable bonds is 5. The van der Waals surface area contributed by atoms with Gasteiger partial charge in [0, 0.05) is 29.1 Å². The van der Waals surface area contributed by atoms with E-state index in [4.69, 9.17) is 16.3 Å². The third kappa shape index (κ3) is 3.19. The Hall–Kier alpha value is -1.10. The van der Waals surface area contributed by atoms with Crippen LogP contribution in [-0.2, 0) is 13.1 Å². The number of nitrogens with one attached hydrogen (secondary N) is 1. The van der Waals surface area contributed by atoms with E-state index in [1.54, 1.807) is 18.4 Å². The molecule has 17 heavy (non-hydrogen) atoms. The van der Waals surface area contributed by atoms with Crippen molar-refractivity contribution < 1.29 is 4.74 Å². The van der Waals surface area contributed by atoms with E-state index in [2.05, 4.69) is 10.3 Å². The second-order valence-corrected chi connectivity index (χ2v) is 4.63. The highest BCUT2D eigenvalue weighted by Crippen LogP contribution is 2.25. The summed E-state index contributed by atoms with van der Waals surface area (Å²) in [6.45, 7) is 1.40. The average molecular weight is 269 g/mol. The lowest BCUT2D eigenvalue weighted by atomic mass is 10.2. The van der Waals surface area contributed by atoms with Crippen LogP contribution in [0.5, 0.6) is 5.75 Å². The third-order valence-electron chi connectivity index (χ3n) is 2.39. The summed E-state index contributed by atoms with van der Waals surface area (Å²) in [7, 11) is 1.65. The third-order valence-corrected chi connectivity index (χ3v) is 3.38. The number of thiazole rings is 1. The molecule has 0 aliphatic rings. The molecule has 3 nitrogen and oxygen atoms in total. The summed E-state index contributed by atoms with van der Waals surface area (Å²) in [4.78, 5) is 4.20. The standard InChI is InChI=1S/C12H13ClN2OS/c1-16-12-4-2-3-11(13)10(12)6-14-5-9-7-17-8-15-9/h2-4,7-8,14H,5-6H2,1H3. The Bertz CT molecular complexity index is 473. The molecule has 0 aliphatic heterocycles. The summed E-state index contributed by atoms with van der Waals surface area (Å²) >= 11 is 7.73. The van der Waals surface area contributed by atoms with Crippen molar-refractivity contribution in [1.29, 1.82) is 0 Å². The van der Waals surface area contributed by atoms with Gasteiger partial charge in [0.25, 0.3) is 0 Å². The van der Waals surface area contributed by atoms with E-state index in [0.29, 0.717) is 6.54 Å². The second-order valence-electron chi connectivity index (χ2n) is 3.50. The molecule has 0 saturated heterocycles. The molecule has 0 fully saturated rings. The molecule has 1 N–H and O–H groups in total. The lowest BCUT2D eigenvalue weighted by molar-refractivity contribution is 0.407. The fourth-order valence-electron chi connectivity index (χ4n) is 1.54. The second kappa shape index (κ2) is 6.00. The van der Waals surface area contributed by atoms with Crippen molar-refractivity contribution in [2.45, 2.75) is 13.1 Å². The van der Waals surface area contributed by atoms with E-state index < -0.39 is 0 Å². The molecule has 0 spiro atoms. The Kier molecular flexibility index (Phi) is 4.36. The molecule has 0 aliphatic carbocycles. The Morgan fingerprint density at radius 2 is 2.29 bits per heavy atom. The molecule has 5 heteroatoms. The molecule has 2 rings (SSSR count). The predicted molar refractivity (Wildman–Crippen MR) is 70.7 cm³/mol. The van der Waals surface area contributed by atoms with Gasteiger partial charge in [0.05, 0.1) is 18.3 Å². The normalized spacial score (nSPS) is 10.5. The lowest BCUT2D eigenvalue weighted by Crippen LogP contribution is -2.13. The van der Waals surface area contributed by atoms with Crippen molar-refractivity contribution >= 4 is 22.9 Å². The van der Waals surface area contributed by atoms with Crippen LogP contribution in [0, 0.1) is 0 Å². The fraction of sp³-hybridized carbons (Fsp3) is 0.250. The van der Waals surface area contributed by atoms with Gasteiger partial charge < -0.3 is 10.1 Å². The maximum absolute atomic E-state index is 6.14. The van der Waals surface area contributed by atoms with Gasteiger partial charge in [-0.1, -0.05) is 17.7 Å². The first-order valence-corrected chi connectivity index (χ1v) is 6.52. The van der Waals surface area contributed by atoms with Gasteiger partial charge in [-0.3, -0.25) is 0 Å². The average Bonchev–Trinajstić information content (AvgIpc) is 2.84. The van der Waals surface area contributed by atoms with Gasteiger partial charge in [-0.25, -0.2) is 4.98 Å². The van der Waals surface area contributed by atoms with Gasteiger partial charge in [-0.2, -0.15) is 0 Å². The van der Waals surface area contributed by atoms with Gasteiger partial charge in [-0.15, -0.1) is 11.3 Å². The van der Waals surface area contributed by atoms with Crippen LogP contribution in [-0.4, -0.2) is 12.1 Å². The van der Waals surface area contributed by atoms with E-state index in [1.807, 2.05) is 29.1 Å². The molecule has 0 bridgehead atoms. The molecular weight excluding hydrogens is 256 g/mol. The first-order chi connectivity index (χ1) is 8.31. The van der Waals surface area contributed by atoms with Crippen molar-refractivity contribution in [2.75, 3.05) is 7.11 Å². The number of methoxy groups -OCH3 is 1. The SMILES string of the molecule is COc1cccc(Cl)c1CNCc1cscn1. The maximum atomic E-state index is 6.14. The van der Waals surface area contributed by atoms with Crippen LogP contribution in [0.1, 0.15) is 11.3 Å². The van der Waals surface area contributed by atoms with Crippen LogP contribution in [0.4, 0.5) is 0 Å². The molecule has 0 amide bonds. The summed E-state index contributed by atoms with van der Waals surface area (Å²) < 4.78 is 5.28. The zero-order valence-corrected chi connectivity index (χ0v) is 11.0. The van der Waals surface area contributed by atoms with Crippen molar-refractivity contribution in [2.24, 2.45) is 0 Å². The molecule has 0 radical (unpaired) electrons. The van der Waals surface area contributed by atoms with Gasteiger partial charge in [0.1, 0.15) is 5.75 Å². The van der Waals surface area contributed by atoms with Crippen LogP contribution >= 0.6 is 22.9 Å². The van der Waals surface area contributed by atoms with Crippen LogP contribution in [0.15, 0.2) is 29.1 Å². The smallest absolute Gasteiger partial charge is 0.124 e. The number of aromatic nitrogens is 1. The van der Waals surface area contributed by atoms with Crippen LogP contribution < -0.4 is 10.1 Å². The molecule has 1 aromatic heterocycles. The predicted octanol–water partition coefficient (Wildman–Crippen LogP) is 3.09. The molecule has 2 aromatic rings. The number of halogens is 1. The Morgan fingerprint density at radius 1 is 1.41 bits per heavy atom. The van der Waals surface area contributed by atoms with Gasteiger partial charge in [-0.05, 0) is 12.1 Å². The van der Waals surface area contributed by atoms with E-state index in [9.17, 15) is 0 Å². The monoisotopic (exact) mass is 268 g/mol. The molecule has 1 heterocycles. The first-order valence-electron chi connectivity index (χ1n) is 5.20. The van der Waals surface area contributed by atoms with Gasteiger partial charge >= 0.3 is 0 Å². The molecule has 0 saturated carbocycles. The summed E-state index contributed by atoms with van der Waals surface area (Å²) in [6.07, 6.45) is 0. The van der Waals surface area contributed by atoms with Crippen molar-refractivity contribution in [1.82, 2.24) is 10.3 Å². The number of hydrogen-bond donors (Lipinski definition) is 1. The molecule has 1 aromatic carbocycles. The zero-order valence-electron chi connectivity index (χ0n) is 9.44. The highest BCUT2D eigenvalue weighted by molar-refractivity contribution is 7.07. The van der Waals surface area contributed by atoms with Crippen molar-refractivity contribution in [3.05, 3.63) is 45.4 Å². The zero-order chi connectivity index (χ0) is 12.1. The minimum atomic E-state index is 0.667. The summed E-state index contributed by atoms with van der Waals surface area (Å²) in [5.41, 5.74) is 3.85. The van der Waals surface area contributed by atoms with E-state index in [0.717, 1.165) is 28.6 Å². The van der Waals surface area contributed by atoms with Gasteiger partial charge in [0.2, 0.25) is 0 Å². The number of benzene rings is 1. The number of ether oxygens (including phenoxy) is 1. The topological polar surface area (TPSA) is 34.1 Å². The van der Waals surface area contributed by atoms with E-state index in [1.165, 1.54) is 0 Å². The molecule has 90 valence electrons.